The fourth-order valence-corrected chi connectivity index (χ4v) is 4.38. The summed E-state index contributed by atoms with van der Waals surface area (Å²) in [6.07, 6.45) is 0. The van der Waals surface area contributed by atoms with Gasteiger partial charge in [0, 0.05) is 11.3 Å². The molecule has 6 nitrogen and oxygen atoms in total. The molecule has 5 rings (SSSR count). The number of nitrogens with one attached hydrogen (secondary N) is 1. The van der Waals surface area contributed by atoms with Crippen molar-refractivity contribution < 1.29 is 13.7 Å². The highest BCUT2D eigenvalue weighted by Gasteiger charge is 2.35. The number of halogens is 1. The van der Waals surface area contributed by atoms with E-state index in [1.54, 1.807) is 17.0 Å². The zero-order valence-electron chi connectivity index (χ0n) is 19.7. The van der Waals surface area contributed by atoms with Crippen molar-refractivity contribution in [1.82, 2.24) is 20.4 Å². The van der Waals surface area contributed by atoms with E-state index in [2.05, 4.69) is 21.5 Å². The quantitative estimate of drug-likeness (QED) is 0.379. The molecule has 0 aliphatic carbocycles. The molecule has 0 saturated carbocycles. The molecule has 1 atom stereocenters. The number of carbonyl (C=O) groups excluding carboxylic acids is 1. The van der Waals surface area contributed by atoms with E-state index in [0.29, 0.717) is 29.5 Å². The highest BCUT2D eigenvalue weighted by Crippen LogP contribution is 2.38. The Balaban J connectivity index is 1.60. The summed E-state index contributed by atoms with van der Waals surface area (Å²) in [6, 6.07) is 21.1. The first-order chi connectivity index (χ1) is 16.9. The van der Waals surface area contributed by atoms with Crippen LogP contribution in [0, 0.1) is 19.7 Å². The maximum atomic E-state index is 13.6. The summed E-state index contributed by atoms with van der Waals surface area (Å²) in [5.74, 6) is 0.422. The van der Waals surface area contributed by atoms with Crippen LogP contribution in [-0.4, -0.2) is 21.1 Å². The number of benzene rings is 3. The molecule has 1 unspecified atom stereocenters. The van der Waals surface area contributed by atoms with Gasteiger partial charge in [-0.15, -0.1) is 0 Å². The van der Waals surface area contributed by atoms with Crippen LogP contribution in [0.3, 0.4) is 0 Å². The number of rotatable bonds is 5. The van der Waals surface area contributed by atoms with Gasteiger partial charge in [-0.2, -0.15) is 4.98 Å². The van der Waals surface area contributed by atoms with Gasteiger partial charge in [0.1, 0.15) is 5.82 Å². The first-order valence-electron chi connectivity index (χ1n) is 11.4. The van der Waals surface area contributed by atoms with Gasteiger partial charge in [-0.1, -0.05) is 70.9 Å². The Labute approximate surface area is 203 Å². The van der Waals surface area contributed by atoms with Crippen molar-refractivity contribution in [2.45, 2.75) is 33.4 Å². The van der Waals surface area contributed by atoms with Crippen LogP contribution < -0.4 is 5.32 Å². The van der Waals surface area contributed by atoms with Crippen molar-refractivity contribution in [3.8, 4) is 11.4 Å². The van der Waals surface area contributed by atoms with Crippen LogP contribution in [0.5, 0.6) is 0 Å². The summed E-state index contributed by atoms with van der Waals surface area (Å²) in [5, 5.41) is 7.26. The Hall–Kier alpha value is -4.26. The summed E-state index contributed by atoms with van der Waals surface area (Å²) in [6.45, 7) is 6.28. The smallest absolute Gasteiger partial charge is 0.322 e. The second-order valence-corrected chi connectivity index (χ2v) is 8.80. The number of hydrogen-bond acceptors (Lipinski definition) is 4. The van der Waals surface area contributed by atoms with Crippen molar-refractivity contribution in [2.75, 3.05) is 0 Å². The van der Waals surface area contributed by atoms with E-state index in [1.807, 2.05) is 63.2 Å². The highest BCUT2D eigenvalue weighted by molar-refractivity contribution is 5.86. The normalized spacial score (nSPS) is 15.9. The number of allylic oxidation sites excluding steroid dienone is 1. The van der Waals surface area contributed by atoms with E-state index < -0.39 is 6.04 Å². The maximum absolute atomic E-state index is 13.6. The molecule has 2 amide bonds. The predicted octanol–water partition coefficient (Wildman–Crippen LogP) is 6.19. The van der Waals surface area contributed by atoms with E-state index in [1.165, 1.54) is 12.1 Å². The van der Waals surface area contributed by atoms with Gasteiger partial charge >= 0.3 is 6.03 Å². The Bertz CT molecular complexity index is 1420. The molecule has 1 aromatic heterocycles. The third kappa shape index (κ3) is 4.57. The van der Waals surface area contributed by atoms with Gasteiger partial charge in [-0.3, -0.25) is 4.90 Å². The second-order valence-electron chi connectivity index (χ2n) is 8.80. The van der Waals surface area contributed by atoms with Gasteiger partial charge in [0.25, 0.3) is 5.89 Å². The Kier molecular flexibility index (Phi) is 5.91. The van der Waals surface area contributed by atoms with Crippen LogP contribution in [0.2, 0.25) is 0 Å². The first-order valence-corrected chi connectivity index (χ1v) is 11.4. The van der Waals surface area contributed by atoms with E-state index in [0.717, 1.165) is 27.8 Å². The SMILES string of the molecule is CC1=C(c2nc(-c3cccc(C)c3)no2)C(c2ccc(F)cc2)NC(=O)N1Cc1cccc(C)c1. The number of hydrogen-bond donors (Lipinski definition) is 1. The van der Waals surface area contributed by atoms with Crippen molar-refractivity contribution in [2.24, 2.45) is 0 Å². The van der Waals surface area contributed by atoms with Crippen molar-refractivity contribution in [1.29, 1.82) is 0 Å². The van der Waals surface area contributed by atoms with Crippen LogP contribution in [-0.2, 0) is 6.54 Å². The average molecular weight is 469 g/mol. The number of carbonyl (C=O) groups is 1. The Morgan fingerprint density at radius 1 is 0.971 bits per heavy atom. The summed E-state index contributed by atoms with van der Waals surface area (Å²) in [5.41, 5.74) is 6.14. The minimum absolute atomic E-state index is 0.250. The Morgan fingerprint density at radius 2 is 1.69 bits per heavy atom. The van der Waals surface area contributed by atoms with Gasteiger partial charge in [0.2, 0.25) is 5.82 Å². The molecule has 4 aromatic rings. The molecule has 3 aromatic carbocycles. The third-order valence-corrected chi connectivity index (χ3v) is 6.16. The lowest BCUT2D eigenvalue weighted by molar-refractivity contribution is 0.203. The molecule has 0 fully saturated rings. The molecule has 0 bridgehead atoms. The first kappa shape index (κ1) is 22.5. The molecular formula is C28H25FN4O2. The van der Waals surface area contributed by atoms with E-state index in [-0.39, 0.29) is 11.8 Å². The maximum Gasteiger partial charge on any atom is 0.322 e. The number of urea groups is 1. The zero-order valence-corrected chi connectivity index (χ0v) is 19.7. The van der Waals surface area contributed by atoms with Gasteiger partial charge in [0.05, 0.1) is 18.2 Å². The number of nitrogens with zero attached hydrogens (tertiary/aromatic N) is 3. The summed E-state index contributed by atoms with van der Waals surface area (Å²) >= 11 is 0. The summed E-state index contributed by atoms with van der Waals surface area (Å²) in [4.78, 5) is 19.6. The number of aromatic nitrogens is 2. The lowest BCUT2D eigenvalue weighted by Gasteiger charge is -2.35. The largest absolute Gasteiger partial charge is 0.334 e. The molecule has 2 heterocycles. The molecular weight excluding hydrogens is 443 g/mol. The third-order valence-electron chi connectivity index (χ3n) is 6.16. The van der Waals surface area contributed by atoms with Crippen LogP contribution in [0.25, 0.3) is 17.0 Å². The molecule has 1 aliphatic rings. The fraction of sp³-hybridized carbons (Fsp3) is 0.179. The molecule has 1 N–H and O–H groups in total. The van der Waals surface area contributed by atoms with Crippen LogP contribution in [0.1, 0.15) is 41.1 Å². The molecule has 0 spiro atoms. The van der Waals surface area contributed by atoms with Crippen molar-refractivity contribution in [3.05, 3.63) is 112 Å². The fourth-order valence-electron chi connectivity index (χ4n) is 4.38. The van der Waals surface area contributed by atoms with Crippen LogP contribution >= 0.6 is 0 Å². The van der Waals surface area contributed by atoms with Gasteiger partial charge in [0.15, 0.2) is 0 Å². The summed E-state index contributed by atoms with van der Waals surface area (Å²) in [7, 11) is 0. The second kappa shape index (κ2) is 9.18. The van der Waals surface area contributed by atoms with Crippen molar-refractivity contribution in [3.63, 3.8) is 0 Å². The van der Waals surface area contributed by atoms with E-state index >= 15 is 0 Å². The van der Waals surface area contributed by atoms with Gasteiger partial charge in [-0.05, 0) is 50.1 Å². The average Bonchev–Trinajstić information content (AvgIpc) is 3.32. The number of amides is 2. The monoisotopic (exact) mass is 468 g/mol. The highest BCUT2D eigenvalue weighted by atomic mass is 19.1. The minimum Gasteiger partial charge on any atom is -0.334 e. The minimum atomic E-state index is -0.567. The lowest BCUT2D eigenvalue weighted by atomic mass is 9.94. The lowest BCUT2D eigenvalue weighted by Crippen LogP contribution is -2.45. The molecule has 1 aliphatic heterocycles. The Morgan fingerprint density at radius 3 is 2.40 bits per heavy atom. The van der Waals surface area contributed by atoms with Gasteiger partial charge < -0.3 is 9.84 Å². The van der Waals surface area contributed by atoms with Crippen molar-refractivity contribution >= 4 is 11.6 Å². The standard InChI is InChI=1S/C28H25FN4O2/c1-17-6-4-8-20(14-17)16-33-19(3)24(25(30-28(33)34)21-10-12-23(29)13-11-21)27-31-26(32-35-27)22-9-5-7-18(2)15-22/h4-15,25H,16H2,1-3H3,(H,30,34). The molecule has 7 heteroatoms. The molecule has 176 valence electrons. The molecule has 0 radical (unpaired) electrons. The zero-order chi connectivity index (χ0) is 24.5. The molecule has 0 saturated heterocycles. The predicted molar refractivity (Wildman–Crippen MR) is 131 cm³/mol. The van der Waals surface area contributed by atoms with E-state index in [4.69, 9.17) is 4.52 Å². The van der Waals surface area contributed by atoms with Crippen LogP contribution in [0.4, 0.5) is 9.18 Å². The number of aryl methyl sites for hydroxylation is 2. The van der Waals surface area contributed by atoms with Crippen LogP contribution in [0.15, 0.2) is 83.0 Å². The summed E-state index contributed by atoms with van der Waals surface area (Å²) < 4.78 is 19.4. The topological polar surface area (TPSA) is 71.3 Å². The van der Waals surface area contributed by atoms with E-state index in [9.17, 15) is 9.18 Å². The van der Waals surface area contributed by atoms with Gasteiger partial charge in [-0.25, -0.2) is 9.18 Å². The molecule has 35 heavy (non-hydrogen) atoms.